The summed E-state index contributed by atoms with van der Waals surface area (Å²) in [4.78, 5) is 12.9. The molecule has 0 amide bonds. The van der Waals surface area contributed by atoms with E-state index in [1.165, 1.54) is 5.70 Å². The van der Waals surface area contributed by atoms with Gasteiger partial charge in [-0.2, -0.15) is 0 Å². The molecule has 0 aliphatic carbocycles. The van der Waals surface area contributed by atoms with Crippen LogP contribution in [0.2, 0.25) is 5.02 Å². The Balaban J connectivity index is 0.000000238. The van der Waals surface area contributed by atoms with Gasteiger partial charge in [-0.3, -0.25) is 0 Å². The third kappa shape index (κ3) is 5.65. The number of ether oxygens (including phenoxy) is 1. The van der Waals surface area contributed by atoms with E-state index in [-0.39, 0.29) is 6.61 Å². The Labute approximate surface area is 143 Å². The quantitative estimate of drug-likeness (QED) is 0.857. The van der Waals surface area contributed by atoms with Crippen molar-refractivity contribution in [3.63, 3.8) is 0 Å². The summed E-state index contributed by atoms with van der Waals surface area (Å²) in [6.07, 6.45) is 3.28. The lowest BCUT2D eigenvalue weighted by Gasteiger charge is -2.31. The molecule has 0 bridgehead atoms. The number of hydrogen-bond donors (Lipinski definition) is 1. The van der Waals surface area contributed by atoms with Gasteiger partial charge in [0.1, 0.15) is 6.29 Å². The van der Waals surface area contributed by atoms with Crippen molar-refractivity contribution in [3.05, 3.63) is 47.1 Å². The third-order valence-electron chi connectivity index (χ3n) is 4.22. The standard InChI is InChI=1S/C10H11ClO2.C8H15NO/c1-10(6-12,7-13)8-2-4-9(11)5-3-8;1-7-6-8(10-3)4-5-9(7)2/h2-6,13H,7H2,1H3;8H,1,4-6H2,2-3H3. The molecule has 1 aliphatic rings. The van der Waals surface area contributed by atoms with Crippen LogP contribution in [0.5, 0.6) is 0 Å². The highest BCUT2D eigenvalue weighted by atomic mass is 35.5. The van der Waals surface area contributed by atoms with Gasteiger partial charge >= 0.3 is 0 Å². The fraction of sp³-hybridized carbons (Fsp3) is 0.500. The largest absolute Gasteiger partial charge is 0.395 e. The summed E-state index contributed by atoms with van der Waals surface area (Å²) in [6.45, 7) is 6.51. The zero-order chi connectivity index (χ0) is 17.5. The first-order chi connectivity index (χ1) is 10.9. The smallest absolute Gasteiger partial charge is 0.132 e. The van der Waals surface area contributed by atoms with E-state index in [2.05, 4.69) is 18.5 Å². The SMILES string of the molecule is C=C1CC(OC)CCN1C.CC(C=O)(CO)c1ccc(Cl)cc1. The lowest BCUT2D eigenvalue weighted by molar-refractivity contribution is -0.113. The first-order valence-electron chi connectivity index (χ1n) is 7.61. The molecule has 1 fully saturated rings. The van der Waals surface area contributed by atoms with Gasteiger partial charge in [0.05, 0.1) is 18.1 Å². The van der Waals surface area contributed by atoms with Crippen LogP contribution < -0.4 is 0 Å². The van der Waals surface area contributed by atoms with Crippen molar-refractivity contribution in [1.29, 1.82) is 0 Å². The summed E-state index contributed by atoms with van der Waals surface area (Å²) >= 11 is 5.70. The summed E-state index contributed by atoms with van der Waals surface area (Å²) in [5.41, 5.74) is 1.15. The van der Waals surface area contributed by atoms with Crippen molar-refractivity contribution in [2.45, 2.75) is 31.3 Å². The normalized spacial score (nSPS) is 20.3. The molecule has 1 heterocycles. The number of aliphatic hydroxyl groups excluding tert-OH is 1. The number of carbonyl (C=O) groups excluding carboxylic acids is 1. The average Bonchev–Trinajstić information content (AvgIpc) is 2.58. The first-order valence-corrected chi connectivity index (χ1v) is 7.99. The number of aliphatic hydroxyl groups is 1. The molecular formula is C18H26ClNO3. The summed E-state index contributed by atoms with van der Waals surface area (Å²) in [5, 5.41) is 9.66. The monoisotopic (exact) mass is 339 g/mol. The molecule has 1 aliphatic heterocycles. The van der Waals surface area contributed by atoms with Crippen molar-refractivity contribution in [2.24, 2.45) is 0 Å². The second kappa shape index (κ2) is 9.06. The fourth-order valence-electron chi connectivity index (χ4n) is 2.24. The molecule has 1 N–H and O–H groups in total. The Bertz CT molecular complexity index is 518. The van der Waals surface area contributed by atoms with Crippen LogP contribution in [0.4, 0.5) is 0 Å². The maximum Gasteiger partial charge on any atom is 0.132 e. The molecule has 4 nitrogen and oxygen atoms in total. The topological polar surface area (TPSA) is 49.8 Å². The van der Waals surface area contributed by atoms with Crippen molar-refractivity contribution < 1.29 is 14.6 Å². The van der Waals surface area contributed by atoms with Gasteiger partial charge in [-0.05, 0) is 31.0 Å². The number of halogens is 1. The Morgan fingerprint density at radius 3 is 2.52 bits per heavy atom. The Morgan fingerprint density at radius 1 is 1.48 bits per heavy atom. The Morgan fingerprint density at radius 2 is 2.09 bits per heavy atom. The van der Waals surface area contributed by atoms with E-state index in [0.29, 0.717) is 11.1 Å². The predicted molar refractivity (Wildman–Crippen MR) is 93.8 cm³/mol. The van der Waals surface area contributed by atoms with E-state index in [0.717, 1.165) is 31.2 Å². The Kier molecular flexibility index (Phi) is 7.76. The number of benzene rings is 1. The number of rotatable bonds is 4. The maximum absolute atomic E-state index is 10.8. The predicted octanol–water partition coefficient (Wildman–Crippen LogP) is 3.03. The van der Waals surface area contributed by atoms with Crippen LogP contribution in [0.1, 0.15) is 25.3 Å². The summed E-state index contributed by atoms with van der Waals surface area (Å²) < 4.78 is 5.22. The van der Waals surface area contributed by atoms with E-state index in [1.807, 2.05) is 0 Å². The van der Waals surface area contributed by atoms with Crippen molar-refractivity contribution >= 4 is 17.9 Å². The number of methoxy groups -OCH3 is 1. The van der Waals surface area contributed by atoms with Crippen LogP contribution in [0.15, 0.2) is 36.5 Å². The lowest BCUT2D eigenvalue weighted by Crippen LogP contribution is -2.31. The van der Waals surface area contributed by atoms with Crippen molar-refractivity contribution in [1.82, 2.24) is 4.90 Å². The van der Waals surface area contributed by atoms with Gasteiger partial charge in [-0.25, -0.2) is 0 Å². The molecule has 23 heavy (non-hydrogen) atoms. The van der Waals surface area contributed by atoms with Gasteiger partial charge in [-0.1, -0.05) is 30.3 Å². The highest BCUT2D eigenvalue weighted by Gasteiger charge is 2.24. The third-order valence-corrected chi connectivity index (χ3v) is 4.47. The molecule has 1 saturated heterocycles. The number of piperidine rings is 1. The summed E-state index contributed by atoms with van der Waals surface area (Å²) in [5.74, 6) is 0. The Hall–Kier alpha value is -1.36. The second-order valence-electron chi connectivity index (χ2n) is 6.04. The summed E-state index contributed by atoms with van der Waals surface area (Å²) in [7, 11) is 3.84. The molecule has 1 aromatic rings. The molecule has 0 radical (unpaired) electrons. The molecule has 2 unspecified atom stereocenters. The van der Waals surface area contributed by atoms with Crippen molar-refractivity contribution in [3.8, 4) is 0 Å². The average molecular weight is 340 g/mol. The molecule has 2 atom stereocenters. The molecular weight excluding hydrogens is 314 g/mol. The zero-order valence-corrected chi connectivity index (χ0v) is 14.8. The van der Waals surface area contributed by atoms with Crippen LogP contribution in [0, 0.1) is 0 Å². The molecule has 0 spiro atoms. The number of aldehydes is 1. The molecule has 2 rings (SSSR count). The highest BCUT2D eigenvalue weighted by Crippen LogP contribution is 2.22. The highest BCUT2D eigenvalue weighted by molar-refractivity contribution is 6.30. The van der Waals surface area contributed by atoms with Crippen LogP contribution in [-0.2, 0) is 14.9 Å². The maximum atomic E-state index is 10.8. The molecule has 0 saturated carbocycles. The van der Waals surface area contributed by atoms with Gasteiger partial charge < -0.3 is 19.5 Å². The minimum absolute atomic E-state index is 0.196. The molecule has 1 aromatic carbocycles. The van der Waals surface area contributed by atoms with Gasteiger partial charge in [0.15, 0.2) is 0 Å². The minimum atomic E-state index is -0.815. The van der Waals surface area contributed by atoms with Gasteiger partial charge in [0.2, 0.25) is 0 Å². The second-order valence-corrected chi connectivity index (χ2v) is 6.48. The first kappa shape index (κ1) is 19.7. The van der Waals surface area contributed by atoms with Gasteiger partial charge in [0, 0.05) is 37.8 Å². The zero-order valence-electron chi connectivity index (χ0n) is 14.1. The van der Waals surface area contributed by atoms with Gasteiger partial charge in [0.25, 0.3) is 0 Å². The minimum Gasteiger partial charge on any atom is -0.395 e. The molecule has 128 valence electrons. The van der Waals surface area contributed by atoms with Crippen LogP contribution in [0.3, 0.4) is 0 Å². The number of hydrogen-bond acceptors (Lipinski definition) is 4. The van der Waals surface area contributed by atoms with Crippen LogP contribution in [-0.4, -0.2) is 49.7 Å². The van der Waals surface area contributed by atoms with E-state index in [9.17, 15) is 4.79 Å². The molecule has 0 aromatic heterocycles. The number of nitrogens with zero attached hydrogens (tertiary/aromatic N) is 1. The lowest BCUT2D eigenvalue weighted by atomic mass is 9.85. The van der Waals surface area contributed by atoms with E-state index < -0.39 is 5.41 Å². The van der Waals surface area contributed by atoms with Crippen LogP contribution in [0.25, 0.3) is 0 Å². The van der Waals surface area contributed by atoms with Gasteiger partial charge in [-0.15, -0.1) is 0 Å². The van der Waals surface area contributed by atoms with E-state index in [1.54, 1.807) is 38.3 Å². The van der Waals surface area contributed by atoms with E-state index >= 15 is 0 Å². The number of carbonyl (C=O) groups is 1. The fourth-order valence-corrected chi connectivity index (χ4v) is 2.37. The molecule has 5 heteroatoms. The van der Waals surface area contributed by atoms with Crippen LogP contribution >= 0.6 is 11.6 Å². The van der Waals surface area contributed by atoms with E-state index in [4.69, 9.17) is 21.4 Å². The summed E-state index contributed by atoms with van der Waals surface area (Å²) in [6, 6.07) is 6.89. The van der Waals surface area contributed by atoms with Crippen molar-refractivity contribution in [2.75, 3.05) is 27.3 Å². The number of likely N-dealkylation sites (tertiary alicyclic amines) is 1.